The molecule has 9 heteroatoms. The molecule has 2 aromatic carbocycles. The SMILES string of the molecule is COc1ccc2c(c1)CCCC2NC(=O)CN(c1ccc(OC)c(OC)c1)S(C)(=O)=O. The Hall–Kier alpha value is -2.94. The molecule has 0 saturated carbocycles. The van der Waals surface area contributed by atoms with Crippen LogP contribution in [0.5, 0.6) is 17.2 Å². The van der Waals surface area contributed by atoms with Crippen molar-refractivity contribution in [1.82, 2.24) is 5.32 Å². The Labute approximate surface area is 183 Å². The van der Waals surface area contributed by atoms with Gasteiger partial charge in [0.1, 0.15) is 12.3 Å². The number of ether oxygens (including phenoxy) is 3. The molecular weight excluding hydrogens is 420 g/mol. The Morgan fingerprint density at radius 3 is 2.45 bits per heavy atom. The highest BCUT2D eigenvalue weighted by Crippen LogP contribution is 2.34. The maximum Gasteiger partial charge on any atom is 0.241 e. The van der Waals surface area contributed by atoms with Crippen LogP contribution < -0.4 is 23.8 Å². The summed E-state index contributed by atoms with van der Waals surface area (Å²) >= 11 is 0. The van der Waals surface area contributed by atoms with Gasteiger partial charge in [-0.15, -0.1) is 0 Å². The third-order valence-electron chi connectivity index (χ3n) is 5.34. The first-order chi connectivity index (χ1) is 14.8. The fourth-order valence-corrected chi connectivity index (χ4v) is 4.67. The van der Waals surface area contributed by atoms with E-state index in [1.165, 1.54) is 20.3 Å². The van der Waals surface area contributed by atoms with Gasteiger partial charge < -0.3 is 19.5 Å². The summed E-state index contributed by atoms with van der Waals surface area (Å²) in [6.45, 7) is -0.337. The van der Waals surface area contributed by atoms with Crippen molar-refractivity contribution in [3.63, 3.8) is 0 Å². The number of amides is 1. The second-order valence-corrected chi connectivity index (χ2v) is 9.29. The van der Waals surface area contributed by atoms with Crippen LogP contribution in [0.1, 0.15) is 30.0 Å². The fourth-order valence-electron chi connectivity index (χ4n) is 3.82. The van der Waals surface area contributed by atoms with Crippen LogP contribution >= 0.6 is 0 Å². The molecule has 0 bridgehead atoms. The van der Waals surface area contributed by atoms with Gasteiger partial charge in [-0.2, -0.15) is 0 Å². The summed E-state index contributed by atoms with van der Waals surface area (Å²) in [7, 11) is 0.878. The van der Waals surface area contributed by atoms with Crippen molar-refractivity contribution in [2.45, 2.75) is 25.3 Å². The Morgan fingerprint density at radius 1 is 1.06 bits per heavy atom. The van der Waals surface area contributed by atoms with Crippen LogP contribution in [-0.2, 0) is 21.2 Å². The Balaban J connectivity index is 1.81. The molecular formula is C22H28N2O6S. The molecule has 0 fully saturated rings. The van der Waals surface area contributed by atoms with Crippen molar-refractivity contribution in [1.29, 1.82) is 0 Å². The van der Waals surface area contributed by atoms with Gasteiger partial charge in [-0.1, -0.05) is 6.07 Å². The number of anilines is 1. The minimum Gasteiger partial charge on any atom is -0.497 e. The maximum atomic E-state index is 12.9. The average Bonchev–Trinajstić information content (AvgIpc) is 2.76. The number of nitrogens with zero attached hydrogens (tertiary/aromatic N) is 1. The smallest absolute Gasteiger partial charge is 0.241 e. The number of carbonyl (C=O) groups is 1. The van der Waals surface area contributed by atoms with E-state index >= 15 is 0 Å². The first-order valence-electron chi connectivity index (χ1n) is 9.92. The van der Waals surface area contributed by atoms with E-state index in [1.54, 1.807) is 19.2 Å². The minimum atomic E-state index is -3.71. The average molecular weight is 449 g/mol. The number of sulfonamides is 1. The number of hydrogen-bond acceptors (Lipinski definition) is 6. The zero-order valence-corrected chi connectivity index (χ0v) is 19.0. The van der Waals surface area contributed by atoms with Crippen LogP contribution in [0, 0.1) is 0 Å². The topological polar surface area (TPSA) is 94.2 Å². The third kappa shape index (κ3) is 5.22. The van der Waals surface area contributed by atoms with E-state index in [2.05, 4.69) is 5.32 Å². The molecule has 0 aliphatic heterocycles. The lowest BCUT2D eigenvalue weighted by Gasteiger charge is -2.28. The van der Waals surface area contributed by atoms with Crippen LogP contribution in [0.15, 0.2) is 36.4 Å². The van der Waals surface area contributed by atoms with Gasteiger partial charge in [-0.25, -0.2) is 8.42 Å². The Morgan fingerprint density at radius 2 is 1.81 bits per heavy atom. The van der Waals surface area contributed by atoms with E-state index in [0.717, 1.165) is 46.7 Å². The van der Waals surface area contributed by atoms with Gasteiger partial charge in [0.05, 0.1) is 39.3 Å². The Bertz CT molecular complexity index is 1050. The van der Waals surface area contributed by atoms with E-state index in [4.69, 9.17) is 14.2 Å². The molecule has 1 aliphatic rings. The number of methoxy groups -OCH3 is 3. The van der Waals surface area contributed by atoms with Crippen LogP contribution in [0.2, 0.25) is 0 Å². The van der Waals surface area contributed by atoms with E-state index < -0.39 is 10.0 Å². The monoisotopic (exact) mass is 448 g/mol. The fraction of sp³-hybridized carbons (Fsp3) is 0.409. The van der Waals surface area contributed by atoms with Gasteiger partial charge in [0.25, 0.3) is 0 Å². The molecule has 0 aromatic heterocycles. The number of benzene rings is 2. The Kier molecular flexibility index (Phi) is 6.94. The van der Waals surface area contributed by atoms with Crippen molar-refractivity contribution in [3.05, 3.63) is 47.5 Å². The molecule has 168 valence electrons. The number of aryl methyl sites for hydroxylation is 1. The van der Waals surface area contributed by atoms with Crippen molar-refractivity contribution in [2.24, 2.45) is 0 Å². The summed E-state index contributed by atoms with van der Waals surface area (Å²) < 4.78 is 41.7. The number of fused-ring (bicyclic) bond motifs is 1. The molecule has 2 aromatic rings. The minimum absolute atomic E-state index is 0.172. The first-order valence-corrected chi connectivity index (χ1v) is 11.8. The van der Waals surface area contributed by atoms with Crippen molar-refractivity contribution >= 4 is 21.6 Å². The molecule has 0 spiro atoms. The molecule has 1 amide bonds. The predicted octanol–water partition coefficient (Wildman–Crippen LogP) is 2.67. The molecule has 1 aliphatic carbocycles. The molecule has 8 nitrogen and oxygen atoms in total. The van der Waals surface area contributed by atoms with E-state index in [1.807, 2.05) is 18.2 Å². The highest BCUT2D eigenvalue weighted by atomic mass is 32.2. The summed E-state index contributed by atoms with van der Waals surface area (Å²) in [6.07, 6.45) is 3.70. The number of nitrogens with one attached hydrogen (secondary N) is 1. The molecule has 1 atom stereocenters. The van der Waals surface area contributed by atoms with E-state index in [0.29, 0.717) is 17.2 Å². The lowest BCUT2D eigenvalue weighted by Crippen LogP contribution is -2.42. The van der Waals surface area contributed by atoms with Gasteiger partial charge >= 0.3 is 0 Å². The van der Waals surface area contributed by atoms with Gasteiger partial charge in [0.15, 0.2) is 11.5 Å². The van der Waals surface area contributed by atoms with Crippen LogP contribution in [0.3, 0.4) is 0 Å². The molecule has 0 saturated heterocycles. The molecule has 31 heavy (non-hydrogen) atoms. The van der Waals surface area contributed by atoms with Gasteiger partial charge in [-0.3, -0.25) is 9.10 Å². The largest absolute Gasteiger partial charge is 0.497 e. The summed E-state index contributed by atoms with van der Waals surface area (Å²) in [6, 6.07) is 10.4. The summed E-state index contributed by atoms with van der Waals surface area (Å²) in [5.41, 5.74) is 2.50. The van der Waals surface area contributed by atoms with E-state index in [-0.39, 0.29) is 18.5 Å². The highest BCUT2D eigenvalue weighted by Gasteiger charge is 2.26. The van der Waals surface area contributed by atoms with Crippen LogP contribution in [0.25, 0.3) is 0 Å². The van der Waals surface area contributed by atoms with Crippen LogP contribution in [0.4, 0.5) is 5.69 Å². The predicted molar refractivity (Wildman–Crippen MR) is 119 cm³/mol. The highest BCUT2D eigenvalue weighted by molar-refractivity contribution is 7.92. The second-order valence-electron chi connectivity index (χ2n) is 7.39. The summed E-state index contributed by atoms with van der Waals surface area (Å²) in [4.78, 5) is 12.9. The summed E-state index contributed by atoms with van der Waals surface area (Å²) in [5.74, 6) is 1.25. The maximum absolute atomic E-state index is 12.9. The van der Waals surface area contributed by atoms with Crippen molar-refractivity contribution in [3.8, 4) is 17.2 Å². The molecule has 3 rings (SSSR count). The number of carbonyl (C=O) groups excluding carboxylic acids is 1. The quantitative estimate of drug-likeness (QED) is 0.667. The molecule has 0 heterocycles. The lowest BCUT2D eigenvalue weighted by atomic mass is 9.87. The van der Waals surface area contributed by atoms with Crippen molar-refractivity contribution < 1.29 is 27.4 Å². The van der Waals surface area contributed by atoms with Crippen LogP contribution in [-0.4, -0.2) is 48.5 Å². The molecule has 1 unspecified atom stereocenters. The van der Waals surface area contributed by atoms with Gasteiger partial charge in [0, 0.05) is 6.07 Å². The molecule has 0 radical (unpaired) electrons. The first kappa shape index (κ1) is 22.7. The summed E-state index contributed by atoms with van der Waals surface area (Å²) in [5, 5.41) is 2.99. The zero-order chi connectivity index (χ0) is 22.6. The number of hydrogen-bond donors (Lipinski definition) is 1. The third-order valence-corrected chi connectivity index (χ3v) is 6.48. The van der Waals surface area contributed by atoms with Gasteiger partial charge in [0.2, 0.25) is 15.9 Å². The molecule has 1 N–H and O–H groups in total. The van der Waals surface area contributed by atoms with Crippen molar-refractivity contribution in [2.75, 3.05) is 38.4 Å². The van der Waals surface area contributed by atoms with Gasteiger partial charge in [-0.05, 0) is 54.7 Å². The van der Waals surface area contributed by atoms with E-state index in [9.17, 15) is 13.2 Å². The normalized spacial score (nSPS) is 15.5. The second kappa shape index (κ2) is 9.47. The lowest BCUT2D eigenvalue weighted by molar-refractivity contribution is -0.120. The zero-order valence-electron chi connectivity index (χ0n) is 18.2. The standard InChI is InChI=1S/C22H28N2O6S/c1-28-17-9-10-18-15(12-17)6-5-7-19(18)23-22(25)14-24(31(4,26)27)16-8-11-20(29-2)21(13-16)30-3/h8-13,19H,5-7,14H2,1-4H3,(H,23,25). The number of rotatable bonds is 8.